The average Bonchev–Trinajstić information content (AvgIpc) is 2.88. The summed E-state index contributed by atoms with van der Waals surface area (Å²) in [5.41, 5.74) is 0. The van der Waals surface area contributed by atoms with Crippen molar-refractivity contribution in [3.63, 3.8) is 0 Å². The van der Waals surface area contributed by atoms with Gasteiger partial charge < -0.3 is 9.64 Å². The molecular formula is C11H16N2O2S. The zero-order chi connectivity index (χ0) is 11.5. The lowest BCUT2D eigenvalue weighted by Crippen LogP contribution is -2.33. The molecule has 1 saturated heterocycles. The van der Waals surface area contributed by atoms with Gasteiger partial charge in [0, 0.05) is 30.5 Å². The Labute approximate surface area is 99.2 Å². The topological polar surface area (TPSA) is 42.4 Å². The molecule has 1 aliphatic heterocycles. The van der Waals surface area contributed by atoms with E-state index < -0.39 is 0 Å². The number of hydrogen-bond donors (Lipinski definition) is 0. The van der Waals surface area contributed by atoms with E-state index in [1.165, 1.54) is 11.3 Å². The summed E-state index contributed by atoms with van der Waals surface area (Å²) < 4.78 is 5.69. The van der Waals surface area contributed by atoms with Gasteiger partial charge in [-0.3, -0.25) is 4.79 Å². The molecule has 2 rings (SSSR count). The largest absolute Gasteiger partial charge is 0.465 e. The Bertz CT molecular complexity index is 351. The number of carbonyl (C=O) groups is 1. The first-order valence-corrected chi connectivity index (χ1v) is 6.39. The lowest BCUT2D eigenvalue weighted by Gasteiger charge is -2.18. The summed E-state index contributed by atoms with van der Waals surface area (Å²) in [6.45, 7) is 5.35. The molecule has 1 aromatic rings. The van der Waals surface area contributed by atoms with Crippen molar-refractivity contribution in [1.82, 2.24) is 9.88 Å². The zero-order valence-corrected chi connectivity index (χ0v) is 10.4. The zero-order valence-electron chi connectivity index (χ0n) is 9.55. The molecule has 2 heterocycles. The molecule has 0 spiro atoms. The first kappa shape index (κ1) is 11.4. The fourth-order valence-electron chi connectivity index (χ4n) is 1.80. The Balaban J connectivity index is 1.86. The second-order valence-electron chi connectivity index (χ2n) is 4.27. The van der Waals surface area contributed by atoms with E-state index in [1.807, 2.05) is 24.1 Å². The van der Waals surface area contributed by atoms with Gasteiger partial charge >= 0.3 is 0 Å². The second kappa shape index (κ2) is 4.82. The number of rotatable bonds is 3. The molecule has 88 valence electrons. The molecule has 5 heteroatoms. The van der Waals surface area contributed by atoms with Crippen LogP contribution in [0.5, 0.6) is 5.19 Å². The highest BCUT2D eigenvalue weighted by molar-refractivity contribution is 7.11. The van der Waals surface area contributed by atoms with E-state index in [2.05, 4.69) is 4.98 Å². The maximum Gasteiger partial charge on any atom is 0.273 e. The maximum atomic E-state index is 11.8. The second-order valence-corrected chi connectivity index (χ2v) is 5.12. The molecule has 0 radical (unpaired) electrons. The first-order chi connectivity index (χ1) is 7.66. The Hall–Kier alpha value is -1.10. The van der Waals surface area contributed by atoms with Crippen molar-refractivity contribution < 1.29 is 9.53 Å². The fourth-order valence-corrected chi connectivity index (χ4v) is 2.35. The highest BCUT2D eigenvalue weighted by Gasteiger charge is 2.29. The highest BCUT2D eigenvalue weighted by Crippen LogP contribution is 2.21. The summed E-state index contributed by atoms with van der Waals surface area (Å²) in [7, 11) is 0. The van der Waals surface area contributed by atoms with Gasteiger partial charge in [0.25, 0.3) is 5.19 Å². The van der Waals surface area contributed by atoms with Crippen LogP contribution in [0.2, 0.25) is 0 Å². The Morgan fingerprint density at radius 3 is 3.12 bits per heavy atom. The number of hydrogen-bond acceptors (Lipinski definition) is 4. The van der Waals surface area contributed by atoms with Gasteiger partial charge in [-0.15, -0.1) is 0 Å². The van der Waals surface area contributed by atoms with Crippen LogP contribution in [0.15, 0.2) is 11.6 Å². The quantitative estimate of drug-likeness (QED) is 0.808. The van der Waals surface area contributed by atoms with E-state index in [9.17, 15) is 4.79 Å². The lowest BCUT2D eigenvalue weighted by atomic mass is 10.2. The molecule has 1 fully saturated rings. The lowest BCUT2D eigenvalue weighted by molar-refractivity contribution is -0.133. The van der Waals surface area contributed by atoms with Gasteiger partial charge in [-0.1, -0.05) is 25.2 Å². The first-order valence-electron chi connectivity index (χ1n) is 5.51. The summed E-state index contributed by atoms with van der Waals surface area (Å²) in [5.74, 6) is 0.281. The molecule has 1 atom stereocenters. The van der Waals surface area contributed by atoms with Crippen LogP contribution in [-0.2, 0) is 4.79 Å². The molecule has 1 unspecified atom stereocenters. The van der Waals surface area contributed by atoms with Crippen LogP contribution in [0.4, 0.5) is 0 Å². The van der Waals surface area contributed by atoms with E-state index >= 15 is 0 Å². The van der Waals surface area contributed by atoms with Gasteiger partial charge in [-0.25, -0.2) is 4.98 Å². The summed E-state index contributed by atoms with van der Waals surface area (Å²) in [6.07, 6.45) is 2.73. The molecule has 1 aromatic heterocycles. The van der Waals surface area contributed by atoms with Crippen molar-refractivity contribution in [2.75, 3.05) is 13.1 Å². The summed E-state index contributed by atoms with van der Waals surface area (Å²) in [5, 5.41) is 2.59. The SMILES string of the molecule is CC(C)C(=O)N1CCC(Oc2nccs2)C1. The third-order valence-corrected chi connectivity index (χ3v) is 3.29. The van der Waals surface area contributed by atoms with Crippen molar-refractivity contribution in [2.45, 2.75) is 26.4 Å². The van der Waals surface area contributed by atoms with Gasteiger partial charge in [-0.2, -0.15) is 0 Å². The van der Waals surface area contributed by atoms with Gasteiger partial charge in [0.05, 0.1) is 6.54 Å². The van der Waals surface area contributed by atoms with Crippen LogP contribution in [0.25, 0.3) is 0 Å². The molecular weight excluding hydrogens is 224 g/mol. The number of amides is 1. The normalized spacial score (nSPS) is 20.4. The monoisotopic (exact) mass is 240 g/mol. The van der Waals surface area contributed by atoms with Crippen LogP contribution >= 0.6 is 11.3 Å². The van der Waals surface area contributed by atoms with Crippen molar-refractivity contribution in [1.29, 1.82) is 0 Å². The molecule has 0 aliphatic carbocycles. The third-order valence-electron chi connectivity index (χ3n) is 2.63. The van der Waals surface area contributed by atoms with Gasteiger partial charge in [0.2, 0.25) is 5.91 Å². The summed E-state index contributed by atoms with van der Waals surface area (Å²) in [4.78, 5) is 17.7. The number of ether oxygens (including phenoxy) is 1. The van der Waals surface area contributed by atoms with E-state index in [-0.39, 0.29) is 17.9 Å². The Morgan fingerprint density at radius 1 is 1.69 bits per heavy atom. The van der Waals surface area contributed by atoms with Crippen LogP contribution in [0, 0.1) is 5.92 Å². The Morgan fingerprint density at radius 2 is 2.50 bits per heavy atom. The highest BCUT2D eigenvalue weighted by atomic mass is 32.1. The van der Waals surface area contributed by atoms with Gasteiger partial charge in [-0.05, 0) is 0 Å². The van der Waals surface area contributed by atoms with Gasteiger partial charge in [0.15, 0.2) is 0 Å². The minimum absolute atomic E-state index is 0.0682. The number of aromatic nitrogens is 1. The average molecular weight is 240 g/mol. The van der Waals surface area contributed by atoms with E-state index in [4.69, 9.17) is 4.74 Å². The van der Waals surface area contributed by atoms with Crippen LogP contribution in [-0.4, -0.2) is 35.0 Å². The minimum atomic E-state index is 0.0682. The number of nitrogens with zero attached hydrogens (tertiary/aromatic N) is 2. The standard InChI is InChI=1S/C11H16N2O2S/c1-8(2)10(14)13-5-3-9(7-13)15-11-12-4-6-16-11/h4,6,8-9H,3,5,7H2,1-2H3. The third kappa shape index (κ3) is 2.52. The van der Waals surface area contributed by atoms with E-state index in [1.54, 1.807) is 6.20 Å². The number of likely N-dealkylation sites (tertiary alicyclic amines) is 1. The molecule has 0 saturated carbocycles. The predicted molar refractivity (Wildman–Crippen MR) is 62.6 cm³/mol. The minimum Gasteiger partial charge on any atom is -0.465 e. The molecule has 16 heavy (non-hydrogen) atoms. The van der Waals surface area contributed by atoms with E-state index in [0.717, 1.165) is 13.0 Å². The maximum absolute atomic E-state index is 11.8. The molecule has 0 aromatic carbocycles. The van der Waals surface area contributed by atoms with Crippen molar-refractivity contribution >= 4 is 17.2 Å². The Kier molecular flexibility index (Phi) is 3.43. The number of carbonyl (C=O) groups excluding carboxylic acids is 1. The predicted octanol–water partition coefficient (Wildman–Crippen LogP) is 1.78. The fraction of sp³-hybridized carbons (Fsp3) is 0.636. The van der Waals surface area contributed by atoms with Crippen molar-refractivity contribution in [3.05, 3.63) is 11.6 Å². The van der Waals surface area contributed by atoms with Gasteiger partial charge in [0.1, 0.15) is 6.10 Å². The summed E-state index contributed by atoms with van der Waals surface area (Å²) in [6, 6.07) is 0. The van der Waals surface area contributed by atoms with Crippen molar-refractivity contribution in [2.24, 2.45) is 5.92 Å². The molecule has 4 nitrogen and oxygen atoms in total. The van der Waals surface area contributed by atoms with Crippen molar-refractivity contribution in [3.8, 4) is 5.19 Å². The van der Waals surface area contributed by atoms with E-state index in [0.29, 0.717) is 11.7 Å². The smallest absolute Gasteiger partial charge is 0.273 e. The van der Waals surface area contributed by atoms with Crippen LogP contribution in [0.3, 0.4) is 0 Å². The molecule has 0 N–H and O–H groups in total. The molecule has 1 amide bonds. The summed E-state index contributed by atoms with van der Waals surface area (Å²) >= 11 is 1.49. The van der Waals surface area contributed by atoms with Crippen LogP contribution < -0.4 is 4.74 Å². The van der Waals surface area contributed by atoms with Crippen LogP contribution in [0.1, 0.15) is 20.3 Å². The molecule has 1 aliphatic rings. The number of thiazole rings is 1. The molecule has 0 bridgehead atoms.